The van der Waals surface area contributed by atoms with Gasteiger partial charge in [-0.15, -0.1) is 0 Å². The molecule has 0 radical (unpaired) electrons. The van der Waals surface area contributed by atoms with Crippen LogP contribution in [-0.2, 0) is 0 Å². The molecule has 0 aliphatic rings. The summed E-state index contributed by atoms with van der Waals surface area (Å²) in [6.07, 6.45) is 2.41. The van der Waals surface area contributed by atoms with Gasteiger partial charge in [-0.1, -0.05) is 25.4 Å². The number of carbonyl (C=O) groups is 1. The summed E-state index contributed by atoms with van der Waals surface area (Å²) in [5, 5.41) is 11.5. The summed E-state index contributed by atoms with van der Waals surface area (Å²) in [6.45, 7) is 4.50. The number of aliphatic hydroxyl groups excluding tert-OH is 1. The van der Waals surface area contributed by atoms with Crippen molar-refractivity contribution in [3.05, 3.63) is 28.8 Å². The first-order valence-corrected chi connectivity index (χ1v) is 6.43. The van der Waals surface area contributed by atoms with Crippen molar-refractivity contribution in [3.8, 4) is 0 Å². The lowest BCUT2D eigenvalue weighted by Gasteiger charge is -2.24. The molecule has 4 nitrogen and oxygen atoms in total. The molecule has 0 fully saturated rings. The smallest absolute Gasteiger partial charge is 0.254 e. The fourth-order valence-electron chi connectivity index (χ4n) is 1.64. The molecule has 1 amide bonds. The Morgan fingerprint density at radius 2 is 2.26 bits per heavy atom. The summed E-state index contributed by atoms with van der Waals surface area (Å²) in [6, 6.07) is 1.06. The van der Waals surface area contributed by atoms with E-state index >= 15 is 0 Å². The van der Waals surface area contributed by atoms with Crippen LogP contribution >= 0.6 is 11.6 Å². The topological polar surface area (TPSA) is 62.2 Å². The molecule has 19 heavy (non-hydrogen) atoms. The molecule has 0 saturated heterocycles. The molecule has 0 spiro atoms. The van der Waals surface area contributed by atoms with Gasteiger partial charge in [0.2, 0.25) is 0 Å². The number of nitrogens with zero attached hydrogens (tertiary/aromatic N) is 1. The zero-order valence-corrected chi connectivity index (χ0v) is 11.8. The number of hydrogen-bond acceptors (Lipinski definition) is 3. The minimum Gasteiger partial charge on any atom is -0.396 e. The van der Waals surface area contributed by atoms with Crippen molar-refractivity contribution in [2.45, 2.75) is 26.7 Å². The minimum absolute atomic E-state index is 0.0212. The first kappa shape index (κ1) is 15.9. The van der Waals surface area contributed by atoms with E-state index in [-0.39, 0.29) is 22.7 Å². The monoisotopic (exact) mass is 288 g/mol. The summed E-state index contributed by atoms with van der Waals surface area (Å²) in [5.41, 5.74) is -0.120. The van der Waals surface area contributed by atoms with Gasteiger partial charge in [-0.2, -0.15) is 0 Å². The lowest BCUT2D eigenvalue weighted by molar-refractivity contribution is 0.0932. The van der Waals surface area contributed by atoms with Crippen LogP contribution in [0.2, 0.25) is 5.15 Å². The molecule has 1 rings (SSSR count). The second-order valence-electron chi connectivity index (χ2n) is 5.17. The molecule has 0 aliphatic heterocycles. The second-order valence-corrected chi connectivity index (χ2v) is 5.52. The van der Waals surface area contributed by atoms with Gasteiger partial charge in [0.15, 0.2) is 0 Å². The zero-order valence-electron chi connectivity index (χ0n) is 11.0. The highest BCUT2D eigenvalue weighted by Gasteiger charge is 2.20. The van der Waals surface area contributed by atoms with Crippen molar-refractivity contribution in [2.75, 3.05) is 13.2 Å². The first-order chi connectivity index (χ1) is 8.85. The molecule has 0 saturated carbocycles. The van der Waals surface area contributed by atoms with Gasteiger partial charge in [-0.3, -0.25) is 4.79 Å². The maximum Gasteiger partial charge on any atom is 0.254 e. The Balaban J connectivity index is 2.62. The molecule has 6 heteroatoms. The number of amides is 1. The van der Waals surface area contributed by atoms with E-state index < -0.39 is 11.7 Å². The third-order valence-electron chi connectivity index (χ3n) is 2.79. The van der Waals surface area contributed by atoms with Crippen LogP contribution in [0.4, 0.5) is 4.39 Å². The molecule has 0 atom stereocenters. The van der Waals surface area contributed by atoms with Crippen molar-refractivity contribution < 1.29 is 14.3 Å². The number of rotatable bonds is 6. The van der Waals surface area contributed by atoms with Crippen LogP contribution in [0.1, 0.15) is 37.0 Å². The van der Waals surface area contributed by atoms with Crippen LogP contribution in [0.5, 0.6) is 0 Å². The van der Waals surface area contributed by atoms with Crippen LogP contribution in [0.15, 0.2) is 12.3 Å². The molecule has 1 aromatic heterocycles. The van der Waals surface area contributed by atoms with Crippen LogP contribution < -0.4 is 5.32 Å². The highest BCUT2D eigenvalue weighted by atomic mass is 35.5. The average molecular weight is 289 g/mol. The molecule has 0 aromatic carbocycles. The molecule has 106 valence electrons. The van der Waals surface area contributed by atoms with Gasteiger partial charge >= 0.3 is 0 Å². The Morgan fingerprint density at radius 3 is 2.89 bits per heavy atom. The molecule has 1 heterocycles. The number of nitrogens with one attached hydrogen (secondary N) is 1. The Labute approximate surface area is 117 Å². The summed E-state index contributed by atoms with van der Waals surface area (Å²) in [4.78, 5) is 15.5. The highest BCUT2D eigenvalue weighted by molar-refractivity contribution is 6.32. The minimum atomic E-state index is -0.603. The Morgan fingerprint density at radius 1 is 1.58 bits per heavy atom. The zero-order chi connectivity index (χ0) is 14.5. The van der Waals surface area contributed by atoms with Crippen LogP contribution in [0.3, 0.4) is 0 Å². The number of pyridine rings is 1. The average Bonchev–Trinajstić information content (AvgIpc) is 2.36. The van der Waals surface area contributed by atoms with Crippen LogP contribution in [0, 0.1) is 11.2 Å². The maximum absolute atomic E-state index is 13.0. The van der Waals surface area contributed by atoms with E-state index in [1.54, 1.807) is 0 Å². The van der Waals surface area contributed by atoms with E-state index in [1.807, 2.05) is 13.8 Å². The lowest BCUT2D eigenvalue weighted by Crippen LogP contribution is -2.34. The van der Waals surface area contributed by atoms with Gasteiger partial charge < -0.3 is 10.4 Å². The van der Waals surface area contributed by atoms with Crippen molar-refractivity contribution >= 4 is 17.5 Å². The molecule has 0 aliphatic carbocycles. The van der Waals surface area contributed by atoms with E-state index in [1.165, 1.54) is 0 Å². The number of hydrogen-bond donors (Lipinski definition) is 2. The van der Waals surface area contributed by atoms with E-state index in [0.29, 0.717) is 13.0 Å². The molecule has 2 N–H and O–H groups in total. The van der Waals surface area contributed by atoms with Crippen molar-refractivity contribution in [1.82, 2.24) is 10.3 Å². The number of halogens is 2. The normalized spacial score (nSPS) is 11.4. The summed E-state index contributed by atoms with van der Waals surface area (Å²) >= 11 is 5.75. The molecule has 1 aromatic rings. The van der Waals surface area contributed by atoms with Gasteiger partial charge in [-0.05, 0) is 24.3 Å². The third-order valence-corrected chi connectivity index (χ3v) is 3.09. The number of aliphatic hydroxyl groups is 1. The predicted molar refractivity (Wildman–Crippen MR) is 71.6 cm³/mol. The summed E-state index contributed by atoms with van der Waals surface area (Å²) in [5.74, 6) is -1.05. The van der Waals surface area contributed by atoms with E-state index in [2.05, 4.69) is 10.3 Å². The fourth-order valence-corrected chi connectivity index (χ4v) is 1.83. The number of aromatic nitrogens is 1. The van der Waals surface area contributed by atoms with Gasteiger partial charge in [0.25, 0.3) is 5.91 Å². The van der Waals surface area contributed by atoms with Gasteiger partial charge in [-0.25, -0.2) is 9.37 Å². The van der Waals surface area contributed by atoms with Gasteiger partial charge in [0, 0.05) is 13.2 Å². The summed E-state index contributed by atoms with van der Waals surface area (Å²) in [7, 11) is 0. The maximum atomic E-state index is 13.0. The molecule has 0 bridgehead atoms. The predicted octanol–water partition coefficient (Wildman–Crippen LogP) is 2.40. The van der Waals surface area contributed by atoms with Crippen LogP contribution in [0.25, 0.3) is 0 Å². The quantitative estimate of drug-likeness (QED) is 0.790. The van der Waals surface area contributed by atoms with Gasteiger partial charge in [0.05, 0.1) is 11.8 Å². The van der Waals surface area contributed by atoms with Gasteiger partial charge in [0.1, 0.15) is 11.0 Å². The lowest BCUT2D eigenvalue weighted by atomic mass is 9.88. The summed E-state index contributed by atoms with van der Waals surface area (Å²) < 4.78 is 13.0. The third kappa shape index (κ3) is 5.12. The SMILES string of the molecule is CC(C)(CCCO)CNC(=O)c1cc(F)cnc1Cl. The highest BCUT2D eigenvalue weighted by Crippen LogP contribution is 2.21. The Hall–Kier alpha value is -1.20. The second kappa shape index (κ2) is 6.82. The van der Waals surface area contributed by atoms with E-state index in [4.69, 9.17) is 16.7 Å². The van der Waals surface area contributed by atoms with E-state index in [0.717, 1.165) is 18.7 Å². The first-order valence-electron chi connectivity index (χ1n) is 6.06. The molecular weight excluding hydrogens is 271 g/mol. The fraction of sp³-hybridized carbons (Fsp3) is 0.538. The van der Waals surface area contributed by atoms with Crippen LogP contribution in [-0.4, -0.2) is 29.1 Å². The van der Waals surface area contributed by atoms with Crippen molar-refractivity contribution in [3.63, 3.8) is 0 Å². The van der Waals surface area contributed by atoms with Crippen molar-refractivity contribution in [2.24, 2.45) is 5.41 Å². The Kier molecular flexibility index (Phi) is 5.69. The largest absolute Gasteiger partial charge is 0.396 e. The van der Waals surface area contributed by atoms with Crippen molar-refractivity contribution in [1.29, 1.82) is 0 Å². The number of carbonyl (C=O) groups excluding carboxylic acids is 1. The standard InChI is InChI=1S/C13H18ClFN2O2/c1-13(2,4-3-5-18)8-17-12(19)10-6-9(15)7-16-11(10)14/h6-7,18H,3-5,8H2,1-2H3,(H,17,19). The molecule has 0 unspecified atom stereocenters. The van der Waals surface area contributed by atoms with E-state index in [9.17, 15) is 9.18 Å². The Bertz CT molecular complexity index is 452. The molecular formula is C13H18ClFN2O2.